The lowest BCUT2D eigenvalue weighted by Crippen LogP contribution is -2.14. The van der Waals surface area contributed by atoms with Gasteiger partial charge in [-0.15, -0.1) is 0 Å². The minimum absolute atomic E-state index is 0.168. The van der Waals surface area contributed by atoms with E-state index in [0.29, 0.717) is 22.1 Å². The zero-order valence-corrected chi connectivity index (χ0v) is 15.5. The number of halogens is 1. The lowest BCUT2D eigenvalue weighted by Gasteiger charge is -2.07. The second-order valence-corrected chi connectivity index (χ2v) is 6.37. The van der Waals surface area contributed by atoms with E-state index < -0.39 is 6.09 Å². The summed E-state index contributed by atoms with van der Waals surface area (Å²) in [6.07, 6.45) is 4.11. The summed E-state index contributed by atoms with van der Waals surface area (Å²) in [5.74, 6) is 0.464. The summed E-state index contributed by atoms with van der Waals surface area (Å²) in [6.45, 7) is 3.85. The molecule has 0 bridgehead atoms. The maximum atomic E-state index is 12.5. The number of nitrogens with zero attached hydrogens (tertiary/aromatic N) is 4. The van der Waals surface area contributed by atoms with Crippen LogP contribution in [0.25, 0.3) is 28.2 Å². The summed E-state index contributed by atoms with van der Waals surface area (Å²) in [4.78, 5) is 21.0. The second-order valence-electron chi connectivity index (χ2n) is 5.96. The average Bonchev–Trinajstić information content (AvgIpc) is 3.18. The van der Waals surface area contributed by atoms with Crippen molar-refractivity contribution in [1.82, 2.24) is 19.7 Å². The van der Waals surface area contributed by atoms with Gasteiger partial charge in [-0.3, -0.25) is 0 Å². The predicted octanol–water partition coefficient (Wildman–Crippen LogP) is 4.97. The van der Waals surface area contributed by atoms with E-state index in [0.717, 1.165) is 16.5 Å². The van der Waals surface area contributed by atoms with E-state index >= 15 is 0 Å². The normalized spacial score (nSPS) is 10.8. The van der Waals surface area contributed by atoms with Crippen molar-refractivity contribution in [3.8, 4) is 11.3 Å². The standard InChI is InChI=1S/C21H15ClN4O2/c1-2-19-23-12-17(22)20(25-19)15-9-6-10-18-16(15)11-24-26(18)21(27)28-13-14-7-4-3-5-8-14/h2-12H,1,13H2. The molecule has 0 atom stereocenters. The minimum atomic E-state index is -0.559. The third kappa shape index (κ3) is 3.37. The smallest absolute Gasteiger partial charge is 0.435 e. The van der Waals surface area contributed by atoms with Gasteiger partial charge < -0.3 is 4.74 Å². The molecule has 4 aromatic rings. The summed E-state index contributed by atoms with van der Waals surface area (Å²) in [7, 11) is 0. The van der Waals surface area contributed by atoms with Crippen molar-refractivity contribution >= 4 is 34.7 Å². The average molecular weight is 391 g/mol. The van der Waals surface area contributed by atoms with Crippen molar-refractivity contribution in [3.05, 3.63) is 83.9 Å². The maximum Gasteiger partial charge on any atom is 0.435 e. The number of carbonyl (C=O) groups excluding carboxylic acids is 1. The van der Waals surface area contributed by atoms with Crippen LogP contribution in [0.4, 0.5) is 4.79 Å². The molecule has 2 aromatic heterocycles. The van der Waals surface area contributed by atoms with Crippen molar-refractivity contribution in [1.29, 1.82) is 0 Å². The number of hydrogen-bond acceptors (Lipinski definition) is 5. The largest absolute Gasteiger partial charge is 0.443 e. The molecule has 2 heterocycles. The molecule has 7 heteroatoms. The molecule has 0 radical (unpaired) electrons. The highest BCUT2D eigenvalue weighted by atomic mass is 35.5. The third-order valence-corrected chi connectivity index (χ3v) is 4.47. The molecule has 0 N–H and O–H groups in total. The van der Waals surface area contributed by atoms with Crippen LogP contribution in [0.15, 0.2) is 67.5 Å². The highest BCUT2D eigenvalue weighted by Crippen LogP contribution is 2.31. The fourth-order valence-corrected chi connectivity index (χ4v) is 3.04. The van der Waals surface area contributed by atoms with E-state index in [2.05, 4.69) is 21.6 Å². The molecule has 0 saturated carbocycles. The lowest BCUT2D eigenvalue weighted by atomic mass is 10.1. The van der Waals surface area contributed by atoms with Crippen LogP contribution in [0.3, 0.4) is 0 Å². The molecule has 0 spiro atoms. The summed E-state index contributed by atoms with van der Waals surface area (Å²) in [5, 5.41) is 5.33. The molecule has 2 aromatic carbocycles. The molecule has 0 unspecified atom stereocenters. The molecule has 0 aliphatic heterocycles. The van der Waals surface area contributed by atoms with Gasteiger partial charge in [0, 0.05) is 10.9 Å². The van der Waals surface area contributed by atoms with Crippen molar-refractivity contribution < 1.29 is 9.53 Å². The van der Waals surface area contributed by atoms with E-state index in [1.54, 1.807) is 18.3 Å². The molecule has 138 valence electrons. The predicted molar refractivity (Wildman–Crippen MR) is 108 cm³/mol. The van der Waals surface area contributed by atoms with Gasteiger partial charge in [-0.25, -0.2) is 14.8 Å². The number of ether oxygens (including phenoxy) is 1. The van der Waals surface area contributed by atoms with Gasteiger partial charge in [0.25, 0.3) is 0 Å². The Hall–Kier alpha value is -3.51. The maximum absolute atomic E-state index is 12.5. The Morgan fingerprint density at radius 3 is 2.75 bits per heavy atom. The van der Waals surface area contributed by atoms with Crippen LogP contribution in [0.5, 0.6) is 0 Å². The highest BCUT2D eigenvalue weighted by Gasteiger charge is 2.17. The Labute approximate surface area is 166 Å². The Morgan fingerprint density at radius 2 is 1.96 bits per heavy atom. The molecule has 0 fully saturated rings. The Balaban J connectivity index is 1.69. The molecule has 0 amide bonds. The van der Waals surface area contributed by atoms with E-state index in [4.69, 9.17) is 16.3 Å². The second kappa shape index (κ2) is 7.62. The van der Waals surface area contributed by atoms with Gasteiger partial charge in [0.05, 0.1) is 28.6 Å². The van der Waals surface area contributed by atoms with Crippen molar-refractivity contribution in [3.63, 3.8) is 0 Å². The zero-order valence-electron chi connectivity index (χ0n) is 14.7. The number of fused-ring (bicyclic) bond motifs is 1. The molecule has 28 heavy (non-hydrogen) atoms. The third-order valence-electron chi connectivity index (χ3n) is 4.19. The van der Waals surface area contributed by atoms with Gasteiger partial charge in [-0.2, -0.15) is 9.78 Å². The zero-order chi connectivity index (χ0) is 19.5. The van der Waals surface area contributed by atoms with E-state index in [-0.39, 0.29) is 6.61 Å². The first-order valence-corrected chi connectivity index (χ1v) is 8.88. The summed E-state index contributed by atoms with van der Waals surface area (Å²) < 4.78 is 6.61. The first kappa shape index (κ1) is 17.9. The van der Waals surface area contributed by atoms with Crippen molar-refractivity contribution in [2.24, 2.45) is 0 Å². The van der Waals surface area contributed by atoms with E-state index in [9.17, 15) is 4.79 Å². The molecule has 0 saturated heterocycles. The molecule has 4 rings (SSSR count). The van der Waals surface area contributed by atoms with Gasteiger partial charge >= 0.3 is 6.09 Å². The van der Waals surface area contributed by atoms with Crippen LogP contribution in [0.2, 0.25) is 5.02 Å². The van der Waals surface area contributed by atoms with Gasteiger partial charge in [0.15, 0.2) is 5.82 Å². The van der Waals surface area contributed by atoms with Crippen LogP contribution in [-0.2, 0) is 11.3 Å². The van der Waals surface area contributed by atoms with Crippen LogP contribution < -0.4 is 0 Å². The minimum Gasteiger partial charge on any atom is -0.443 e. The quantitative estimate of drug-likeness (QED) is 0.491. The number of hydrogen-bond donors (Lipinski definition) is 0. The molecule has 6 nitrogen and oxygen atoms in total. The topological polar surface area (TPSA) is 69.9 Å². The first-order valence-electron chi connectivity index (χ1n) is 8.50. The SMILES string of the molecule is C=Cc1ncc(Cl)c(-c2cccc3c2cnn3C(=O)OCc2ccccc2)n1. The lowest BCUT2D eigenvalue weighted by molar-refractivity contribution is 0.139. The van der Waals surface area contributed by atoms with Gasteiger partial charge in [0.1, 0.15) is 6.61 Å². The summed E-state index contributed by atoms with van der Waals surface area (Å²) in [6, 6.07) is 14.9. The Morgan fingerprint density at radius 1 is 1.14 bits per heavy atom. The van der Waals surface area contributed by atoms with Crippen molar-refractivity contribution in [2.45, 2.75) is 6.61 Å². The Kier molecular flexibility index (Phi) is 4.87. The molecular formula is C21H15ClN4O2. The molecule has 0 aliphatic rings. The van der Waals surface area contributed by atoms with E-state index in [1.807, 2.05) is 42.5 Å². The van der Waals surface area contributed by atoms with E-state index in [1.165, 1.54) is 10.9 Å². The monoisotopic (exact) mass is 390 g/mol. The van der Waals surface area contributed by atoms with Crippen LogP contribution in [0, 0.1) is 0 Å². The van der Waals surface area contributed by atoms with Crippen LogP contribution in [-0.4, -0.2) is 25.8 Å². The van der Waals surface area contributed by atoms with Crippen molar-refractivity contribution in [2.75, 3.05) is 0 Å². The van der Waals surface area contributed by atoms with Gasteiger partial charge in [-0.05, 0) is 17.7 Å². The van der Waals surface area contributed by atoms with Gasteiger partial charge in [-0.1, -0.05) is 60.6 Å². The van der Waals surface area contributed by atoms with Gasteiger partial charge in [0.2, 0.25) is 0 Å². The van der Waals surface area contributed by atoms with Crippen LogP contribution in [0.1, 0.15) is 11.4 Å². The Bertz CT molecular complexity index is 1170. The fourth-order valence-electron chi connectivity index (χ4n) is 2.85. The molecule has 0 aliphatic carbocycles. The first-order chi connectivity index (χ1) is 13.7. The summed E-state index contributed by atoms with van der Waals surface area (Å²) in [5.41, 5.74) is 2.80. The number of benzene rings is 2. The molecular weight excluding hydrogens is 376 g/mol. The number of rotatable bonds is 4. The fraction of sp³-hybridized carbons (Fsp3) is 0.0476. The highest BCUT2D eigenvalue weighted by molar-refractivity contribution is 6.33. The van der Waals surface area contributed by atoms with Crippen LogP contribution >= 0.6 is 11.6 Å². The number of aromatic nitrogens is 4. The number of carbonyl (C=O) groups is 1. The summed E-state index contributed by atoms with van der Waals surface area (Å²) >= 11 is 6.30.